The molecule has 0 aromatic heterocycles. The summed E-state index contributed by atoms with van der Waals surface area (Å²) in [5, 5.41) is 8.88. The van der Waals surface area contributed by atoms with E-state index >= 15 is 0 Å². The molecule has 1 rings (SSSR count). The third-order valence-electron chi connectivity index (χ3n) is 1.72. The fourth-order valence-corrected chi connectivity index (χ4v) is 2.27. The molecular weight excluding hydrogens is 335 g/mol. The molecule has 3 nitrogen and oxygen atoms in total. The molecule has 80 valence electrons. The van der Waals surface area contributed by atoms with Crippen LogP contribution in [0.15, 0.2) is 21.1 Å². The minimum absolute atomic E-state index is 0. The Kier molecular flexibility index (Phi) is 6.00. The number of hydrogen-bond donors (Lipinski definition) is 3. The molecule has 0 heterocycles. The summed E-state index contributed by atoms with van der Waals surface area (Å²) < 4.78 is 1.66. The van der Waals surface area contributed by atoms with Crippen molar-refractivity contribution in [1.82, 2.24) is 0 Å². The maximum Gasteiger partial charge on any atom is 0.0625 e. The molecule has 0 spiro atoms. The summed E-state index contributed by atoms with van der Waals surface area (Å²) in [5.41, 5.74) is 12.7. The molecule has 0 radical (unpaired) electrons. The molecule has 1 aromatic rings. The van der Waals surface area contributed by atoms with E-state index in [0.29, 0.717) is 5.69 Å². The summed E-state index contributed by atoms with van der Waals surface area (Å²) in [6.07, 6.45) is 0. The molecule has 5 N–H and O–H groups in total. The first-order chi connectivity index (χ1) is 6.06. The standard InChI is InChI=1S/C8H10Br2N2O.ClH/c9-4-1-5(7(11)3-13)8(12)6(10)2-4;/h1-2,7,13H,3,11-12H2;1H/t7-;/m1./s1. The topological polar surface area (TPSA) is 72.3 Å². The van der Waals surface area contributed by atoms with Gasteiger partial charge in [-0.05, 0) is 33.6 Å². The van der Waals surface area contributed by atoms with Crippen molar-refractivity contribution in [2.24, 2.45) is 5.73 Å². The molecule has 0 fully saturated rings. The minimum atomic E-state index is -0.436. The zero-order valence-corrected chi connectivity index (χ0v) is 11.2. The van der Waals surface area contributed by atoms with Crippen LogP contribution in [0, 0.1) is 0 Å². The Morgan fingerprint density at radius 3 is 2.43 bits per heavy atom. The number of anilines is 1. The molecule has 1 atom stereocenters. The lowest BCUT2D eigenvalue weighted by Gasteiger charge is -2.13. The first kappa shape index (κ1) is 14.2. The van der Waals surface area contributed by atoms with Crippen molar-refractivity contribution in [2.75, 3.05) is 12.3 Å². The molecule has 0 saturated carbocycles. The Balaban J connectivity index is 0.00000169. The highest BCUT2D eigenvalue weighted by Crippen LogP contribution is 2.30. The van der Waals surface area contributed by atoms with Crippen LogP contribution in [0.5, 0.6) is 0 Å². The highest BCUT2D eigenvalue weighted by molar-refractivity contribution is 9.11. The van der Waals surface area contributed by atoms with Crippen molar-refractivity contribution >= 4 is 50.0 Å². The average molecular weight is 346 g/mol. The van der Waals surface area contributed by atoms with Gasteiger partial charge in [-0.1, -0.05) is 15.9 Å². The summed E-state index contributed by atoms with van der Waals surface area (Å²) in [7, 11) is 0. The molecule has 14 heavy (non-hydrogen) atoms. The van der Waals surface area contributed by atoms with E-state index in [1.807, 2.05) is 6.07 Å². The van der Waals surface area contributed by atoms with Crippen LogP contribution in [0.1, 0.15) is 11.6 Å². The quantitative estimate of drug-likeness (QED) is 0.719. The van der Waals surface area contributed by atoms with Gasteiger partial charge in [0.25, 0.3) is 0 Å². The fourth-order valence-electron chi connectivity index (χ4n) is 1.01. The number of halogens is 3. The SMILES string of the molecule is Cl.Nc1c(Br)cc(Br)cc1[C@H](N)CO. The van der Waals surface area contributed by atoms with E-state index in [-0.39, 0.29) is 19.0 Å². The summed E-state index contributed by atoms with van der Waals surface area (Å²) in [6, 6.07) is 3.21. The van der Waals surface area contributed by atoms with E-state index in [1.54, 1.807) is 6.07 Å². The number of rotatable bonds is 2. The average Bonchev–Trinajstić information content (AvgIpc) is 2.10. The minimum Gasteiger partial charge on any atom is -0.398 e. The van der Waals surface area contributed by atoms with Crippen molar-refractivity contribution in [3.8, 4) is 0 Å². The van der Waals surface area contributed by atoms with Gasteiger partial charge in [0.1, 0.15) is 0 Å². The van der Waals surface area contributed by atoms with Crippen LogP contribution in [-0.4, -0.2) is 11.7 Å². The van der Waals surface area contributed by atoms with Crippen LogP contribution >= 0.6 is 44.3 Å². The molecule has 0 amide bonds. The van der Waals surface area contributed by atoms with Gasteiger partial charge < -0.3 is 16.6 Å². The van der Waals surface area contributed by atoms with E-state index in [9.17, 15) is 0 Å². The molecule has 0 bridgehead atoms. The fraction of sp³-hybridized carbons (Fsp3) is 0.250. The van der Waals surface area contributed by atoms with Gasteiger partial charge in [-0.2, -0.15) is 0 Å². The highest BCUT2D eigenvalue weighted by Gasteiger charge is 2.11. The molecule has 0 unspecified atom stereocenters. The lowest BCUT2D eigenvalue weighted by molar-refractivity contribution is 0.268. The number of nitrogen functional groups attached to an aromatic ring is 1. The van der Waals surface area contributed by atoms with E-state index in [2.05, 4.69) is 31.9 Å². The van der Waals surface area contributed by atoms with Crippen molar-refractivity contribution < 1.29 is 5.11 Å². The molecule has 1 aromatic carbocycles. The molecule has 0 aliphatic heterocycles. The van der Waals surface area contributed by atoms with Crippen LogP contribution in [0.2, 0.25) is 0 Å². The van der Waals surface area contributed by atoms with Crippen LogP contribution in [0.4, 0.5) is 5.69 Å². The Morgan fingerprint density at radius 1 is 1.36 bits per heavy atom. The Bertz CT molecular complexity index is 322. The van der Waals surface area contributed by atoms with Crippen molar-refractivity contribution in [3.63, 3.8) is 0 Å². The van der Waals surface area contributed by atoms with Crippen LogP contribution < -0.4 is 11.5 Å². The van der Waals surface area contributed by atoms with E-state index in [1.165, 1.54) is 0 Å². The number of aliphatic hydroxyl groups excluding tert-OH is 1. The van der Waals surface area contributed by atoms with E-state index in [4.69, 9.17) is 16.6 Å². The van der Waals surface area contributed by atoms with Gasteiger partial charge >= 0.3 is 0 Å². The number of benzene rings is 1. The number of nitrogens with two attached hydrogens (primary N) is 2. The van der Waals surface area contributed by atoms with Gasteiger partial charge in [-0.25, -0.2) is 0 Å². The van der Waals surface area contributed by atoms with Crippen molar-refractivity contribution in [3.05, 3.63) is 26.6 Å². The van der Waals surface area contributed by atoms with Crippen LogP contribution in [-0.2, 0) is 0 Å². The monoisotopic (exact) mass is 344 g/mol. The van der Waals surface area contributed by atoms with Gasteiger partial charge in [-0.15, -0.1) is 12.4 Å². The highest BCUT2D eigenvalue weighted by atomic mass is 79.9. The Morgan fingerprint density at radius 2 is 1.93 bits per heavy atom. The summed E-state index contributed by atoms with van der Waals surface area (Å²) >= 11 is 6.62. The molecule has 0 aliphatic rings. The second-order valence-electron chi connectivity index (χ2n) is 2.68. The second-order valence-corrected chi connectivity index (χ2v) is 4.45. The summed E-state index contributed by atoms with van der Waals surface area (Å²) in [5.74, 6) is 0. The molecule has 0 aliphatic carbocycles. The predicted octanol–water partition coefficient (Wildman–Crippen LogP) is 2.21. The van der Waals surface area contributed by atoms with E-state index < -0.39 is 6.04 Å². The second kappa shape index (κ2) is 5.92. The Hall–Kier alpha value is 0.190. The van der Waals surface area contributed by atoms with Gasteiger partial charge in [0.05, 0.1) is 18.3 Å². The first-order valence-corrected chi connectivity index (χ1v) is 5.25. The molecule has 0 saturated heterocycles. The largest absolute Gasteiger partial charge is 0.398 e. The van der Waals surface area contributed by atoms with Gasteiger partial charge in [0.2, 0.25) is 0 Å². The third kappa shape index (κ3) is 3.10. The van der Waals surface area contributed by atoms with Crippen LogP contribution in [0.3, 0.4) is 0 Å². The van der Waals surface area contributed by atoms with Gasteiger partial charge in [0, 0.05) is 8.95 Å². The van der Waals surface area contributed by atoms with Gasteiger partial charge in [0.15, 0.2) is 0 Å². The Labute approximate surface area is 106 Å². The molecular formula is C8H11Br2ClN2O. The van der Waals surface area contributed by atoms with Crippen molar-refractivity contribution in [2.45, 2.75) is 6.04 Å². The summed E-state index contributed by atoms with van der Waals surface area (Å²) in [4.78, 5) is 0. The third-order valence-corrected chi connectivity index (χ3v) is 2.84. The zero-order valence-electron chi connectivity index (χ0n) is 7.21. The number of aliphatic hydroxyl groups is 1. The lowest BCUT2D eigenvalue weighted by Crippen LogP contribution is -2.16. The maximum absolute atomic E-state index is 8.88. The number of hydrogen-bond acceptors (Lipinski definition) is 3. The maximum atomic E-state index is 8.88. The predicted molar refractivity (Wildman–Crippen MR) is 67.5 cm³/mol. The first-order valence-electron chi connectivity index (χ1n) is 3.67. The smallest absolute Gasteiger partial charge is 0.0625 e. The van der Waals surface area contributed by atoms with Crippen LogP contribution in [0.25, 0.3) is 0 Å². The lowest BCUT2D eigenvalue weighted by atomic mass is 10.1. The zero-order chi connectivity index (χ0) is 10.0. The summed E-state index contributed by atoms with van der Waals surface area (Å²) in [6.45, 7) is -0.118. The van der Waals surface area contributed by atoms with E-state index in [0.717, 1.165) is 14.5 Å². The molecule has 6 heteroatoms. The van der Waals surface area contributed by atoms with Crippen molar-refractivity contribution in [1.29, 1.82) is 0 Å². The normalized spacial score (nSPS) is 12.0. The van der Waals surface area contributed by atoms with Gasteiger partial charge in [-0.3, -0.25) is 0 Å².